The van der Waals surface area contributed by atoms with Gasteiger partial charge in [-0.1, -0.05) is 30.3 Å². The fourth-order valence-corrected chi connectivity index (χ4v) is 1.71. The standard InChI is InChI=1S/C15H13NO3/c1-19-15(18)13(12-5-3-2-4-6-12)9-11-7-8-16-14(17)10-11/h2-10H,1H3,(H,16,17)/b13-9+. The molecule has 1 N–H and O–H groups in total. The van der Waals surface area contributed by atoms with E-state index in [1.54, 1.807) is 12.1 Å². The molecule has 0 saturated carbocycles. The van der Waals surface area contributed by atoms with Gasteiger partial charge in [0.05, 0.1) is 12.7 Å². The summed E-state index contributed by atoms with van der Waals surface area (Å²) in [5, 5.41) is 0. The molecule has 96 valence electrons. The van der Waals surface area contributed by atoms with Gasteiger partial charge in [-0.25, -0.2) is 4.79 Å². The summed E-state index contributed by atoms with van der Waals surface area (Å²) in [4.78, 5) is 25.6. The highest BCUT2D eigenvalue weighted by Gasteiger charge is 2.11. The molecule has 0 fully saturated rings. The number of benzene rings is 1. The van der Waals surface area contributed by atoms with Crippen molar-refractivity contribution in [3.63, 3.8) is 0 Å². The highest BCUT2D eigenvalue weighted by Crippen LogP contribution is 2.18. The van der Waals surface area contributed by atoms with Crippen LogP contribution in [0.25, 0.3) is 11.6 Å². The van der Waals surface area contributed by atoms with E-state index in [0.717, 1.165) is 5.56 Å². The number of aromatic amines is 1. The third kappa shape index (κ3) is 3.19. The second kappa shape index (κ2) is 5.82. The average Bonchev–Trinajstić information content (AvgIpc) is 2.45. The lowest BCUT2D eigenvalue weighted by Gasteiger charge is -2.05. The minimum atomic E-state index is -0.438. The zero-order chi connectivity index (χ0) is 13.7. The smallest absolute Gasteiger partial charge is 0.338 e. The lowest BCUT2D eigenvalue weighted by Crippen LogP contribution is -2.05. The number of ether oxygens (including phenoxy) is 1. The van der Waals surface area contributed by atoms with E-state index < -0.39 is 5.97 Å². The van der Waals surface area contributed by atoms with Crippen LogP contribution in [0.1, 0.15) is 11.1 Å². The number of esters is 1. The molecule has 0 spiro atoms. The predicted octanol–water partition coefficient (Wildman–Crippen LogP) is 2.09. The summed E-state index contributed by atoms with van der Waals surface area (Å²) in [6, 6.07) is 12.3. The first-order chi connectivity index (χ1) is 9.20. The van der Waals surface area contributed by atoms with Crippen LogP contribution in [0.5, 0.6) is 0 Å². The van der Waals surface area contributed by atoms with E-state index in [1.165, 1.54) is 19.4 Å². The zero-order valence-corrected chi connectivity index (χ0v) is 10.4. The third-order valence-corrected chi connectivity index (χ3v) is 2.60. The fourth-order valence-electron chi connectivity index (χ4n) is 1.71. The Bertz CT molecular complexity index is 656. The van der Waals surface area contributed by atoms with Crippen LogP contribution < -0.4 is 5.56 Å². The highest BCUT2D eigenvalue weighted by molar-refractivity contribution is 6.21. The van der Waals surface area contributed by atoms with Gasteiger partial charge in [-0.3, -0.25) is 4.79 Å². The summed E-state index contributed by atoms with van der Waals surface area (Å²) in [6.07, 6.45) is 3.17. The van der Waals surface area contributed by atoms with Gasteiger partial charge < -0.3 is 9.72 Å². The predicted molar refractivity (Wildman–Crippen MR) is 73.4 cm³/mol. The monoisotopic (exact) mass is 255 g/mol. The number of hydrogen-bond donors (Lipinski definition) is 1. The van der Waals surface area contributed by atoms with Gasteiger partial charge in [0.25, 0.3) is 0 Å². The Balaban J connectivity index is 2.50. The van der Waals surface area contributed by atoms with Crippen molar-refractivity contribution in [2.24, 2.45) is 0 Å². The van der Waals surface area contributed by atoms with Crippen molar-refractivity contribution in [1.29, 1.82) is 0 Å². The van der Waals surface area contributed by atoms with Crippen LogP contribution in [0.4, 0.5) is 0 Å². The molecule has 2 aromatic rings. The minimum absolute atomic E-state index is 0.217. The molecule has 0 unspecified atom stereocenters. The average molecular weight is 255 g/mol. The van der Waals surface area contributed by atoms with Crippen molar-refractivity contribution >= 4 is 17.6 Å². The van der Waals surface area contributed by atoms with Crippen molar-refractivity contribution in [2.75, 3.05) is 7.11 Å². The maximum absolute atomic E-state index is 11.8. The summed E-state index contributed by atoms with van der Waals surface area (Å²) < 4.78 is 4.78. The van der Waals surface area contributed by atoms with Crippen molar-refractivity contribution in [1.82, 2.24) is 4.98 Å². The summed E-state index contributed by atoms with van der Waals surface area (Å²) in [6.45, 7) is 0. The molecule has 4 nitrogen and oxygen atoms in total. The van der Waals surface area contributed by atoms with Gasteiger partial charge in [-0.05, 0) is 23.3 Å². The quantitative estimate of drug-likeness (QED) is 0.675. The van der Waals surface area contributed by atoms with Crippen molar-refractivity contribution in [2.45, 2.75) is 0 Å². The number of nitrogens with one attached hydrogen (secondary N) is 1. The van der Waals surface area contributed by atoms with Crippen molar-refractivity contribution < 1.29 is 9.53 Å². The molecule has 0 radical (unpaired) electrons. The molecule has 1 heterocycles. The zero-order valence-electron chi connectivity index (χ0n) is 10.4. The number of H-pyrrole nitrogens is 1. The molecule has 0 aliphatic rings. The Labute approximate surface area is 110 Å². The first-order valence-corrected chi connectivity index (χ1v) is 5.75. The van der Waals surface area contributed by atoms with Gasteiger partial charge in [0.1, 0.15) is 0 Å². The van der Waals surface area contributed by atoms with E-state index in [9.17, 15) is 9.59 Å². The van der Waals surface area contributed by atoms with Crippen LogP contribution in [0.2, 0.25) is 0 Å². The van der Waals surface area contributed by atoms with Crippen LogP contribution in [0.3, 0.4) is 0 Å². The molecule has 1 aromatic heterocycles. The molecule has 0 atom stereocenters. The van der Waals surface area contributed by atoms with E-state index in [2.05, 4.69) is 4.98 Å². The van der Waals surface area contributed by atoms with Crippen LogP contribution >= 0.6 is 0 Å². The van der Waals surface area contributed by atoms with Gasteiger partial charge in [0, 0.05) is 12.3 Å². The number of methoxy groups -OCH3 is 1. The van der Waals surface area contributed by atoms with E-state index in [4.69, 9.17) is 4.74 Å². The van der Waals surface area contributed by atoms with Crippen LogP contribution in [0.15, 0.2) is 53.5 Å². The Hall–Kier alpha value is -2.62. The maximum Gasteiger partial charge on any atom is 0.338 e. The van der Waals surface area contributed by atoms with E-state index >= 15 is 0 Å². The molecular weight excluding hydrogens is 242 g/mol. The highest BCUT2D eigenvalue weighted by atomic mass is 16.5. The number of carbonyl (C=O) groups is 1. The summed E-state index contributed by atoms with van der Waals surface area (Å²) in [5.74, 6) is -0.438. The van der Waals surface area contributed by atoms with E-state index in [-0.39, 0.29) is 5.56 Å². The molecule has 0 amide bonds. The Morgan fingerprint density at radius 3 is 2.58 bits per heavy atom. The molecule has 4 heteroatoms. The summed E-state index contributed by atoms with van der Waals surface area (Å²) >= 11 is 0. The second-order valence-corrected chi connectivity index (χ2v) is 3.90. The van der Waals surface area contributed by atoms with Crippen LogP contribution in [0, 0.1) is 0 Å². The lowest BCUT2D eigenvalue weighted by molar-refractivity contribution is -0.133. The first kappa shape index (κ1) is 12.8. The lowest BCUT2D eigenvalue weighted by atomic mass is 10.0. The molecule has 0 bridgehead atoms. The van der Waals surface area contributed by atoms with Gasteiger partial charge in [-0.2, -0.15) is 0 Å². The normalized spacial score (nSPS) is 11.1. The Kier molecular flexibility index (Phi) is 3.93. The van der Waals surface area contributed by atoms with Gasteiger partial charge >= 0.3 is 5.97 Å². The molecular formula is C15H13NO3. The van der Waals surface area contributed by atoms with Crippen LogP contribution in [-0.2, 0) is 9.53 Å². The third-order valence-electron chi connectivity index (χ3n) is 2.60. The van der Waals surface area contributed by atoms with Crippen molar-refractivity contribution in [3.05, 3.63) is 70.1 Å². The second-order valence-electron chi connectivity index (χ2n) is 3.90. The molecule has 1 aromatic carbocycles. The van der Waals surface area contributed by atoms with Crippen LogP contribution in [-0.4, -0.2) is 18.1 Å². The van der Waals surface area contributed by atoms with E-state index in [1.807, 2.05) is 30.3 Å². The number of hydrogen-bond acceptors (Lipinski definition) is 3. The maximum atomic E-state index is 11.8. The molecule has 19 heavy (non-hydrogen) atoms. The molecule has 0 aliphatic carbocycles. The molecule has 0 aliphatic heterocycles. The van der Waals surface area contributed by atoms with Gasteiger partial charge in [-0.15, -0.1) is 0 Å². The molecule has 0 saturated heterocycles. The van der Waals surface area contributed by atoms with Gasteiger partial charge in [0.2, 0.25) is 5.56 Å². The summed E-state index contributed by atoms with van der Waals surface area (Å²) in [7, 11) is 1.33. The van der Waals surface area contributed by atoms with Crippen molar-refractivity contribution in [3.8, 4) is 0 Å². The number of rotatable bonds is 3. The molecule has 2 rings (SSSR count). The SMILES string of the molecule is COC(=O)/C(=C/c1cc[nH]c(=O)c1)c1ccccc1. The summed E-state index contributed by atoms with van der Waals surface area (Å²) in [5.41, 5.74) is 1.59. The Morgan fingerprint density at radius 1 is 1.21 bits per heavy atom. The largest absolute Gasteiger partial charge is 0.465 e. The van der Waals surface area contributed by atoms with Gasteiger partial charge in [0.15, 0.2) is 0 Å². The minimum Gasteiger partial charge on any atom is -0.465 e. The van der Waals surface area contributed by atoms with E-state index in [0.29, 0.717) is 11.1 Å². The fraction of sp³-hybridized carbons (Fsp3) is 0.0667. The first-order valence-electron chi connectivity index (χ1n) is 5.75. The Morgan fingerprint density at radius 2 is 1.95 bits per heavy atom. The topological polar surface area (TPSA) is 59.2 Å². The number of carbonyl (C=O) groups excluding carboxylic acids is 1. The number of aromatic nitrogens is 1. The number of pyridine rings is 1.